The van der Waals surface area contributed by atoms with E-state index in [2.05, 4.69) is 10.1 Å². The van der Waals surface area contributed by atoms with E-state index in [0.29, 0.717) is 46.5 Å². The number of carbonyl (C=O) groups is 1. The molecule has 150 valence electrons. The van der Waals surface area contributed by atoms with E-state index in [-0.39, 0.29) is 11.9 Å². The van der Waals surface area contributed by atoms with Gasteiger partial charge in [0.2, 0.25) is 5.91 Å². The van der Waals surface area contributed by atoms with E-state index >= 15 is 0 Å². The molecule has 3 aromatic rings. The highest BCUT2D eigenvalue weighted by molar-refractivity contribution is 6.30. The molecular weight excluding hydrogens is 394 g/mol. The molecule has 8 heteroatoms. The van der Waals surface area contributed by atoms with E-state index in [1.807, 2.05) is 18.2 Å². The molecule has 2 aromatic heterocycles. The Balaban J connectivity index is 1.79. The van der Waals surface area contributed by atoms with Crippen molar-refractivity contribution in [3.63, 3.8) is 0 Å². The largest absolute Gasteiger partial charge is 0.493 e. The molecule has 1 aromatic carbocycles. The average Bonchev–Trinajstić information content (AvgIpc) is 3.41. The van der Waals surface area contributed by atoms with Crippen molar-refractivity contribution in [1.82, 2.24) is 9.99 Å². The van der Waals surface area contributed by atoms with Crippen molar-refractivity contribution in [1.29, 1.82) is 0 Å². The van der Waals surface area contributed by atoms with Crippen LogP contribution >= 0.6 is 11.6 Å². The molecular formula is C21H20ClN3O4. The predicted octanol–water partition coefficient (Wildman–Crippen LogP) is 4.59. The van der Waals surface area contributed by atoms with Crippen molar-refractivity contribution in [3.8, 4) is 11.5 Å². The number of ether oxygens (including phenoxy) is 2. The molecule has 0 saturated carbocycles. The van der Waals surface area contributed by atoms with Crippen LogP contribution in [0, 0.1) is 0 Å². The average molecular weight is 414 g/mol. The third-order valence-electron chi connectivity index (χ3n) is 4.93. The lowest BCUT2D eigenvalue weighted by Crippen LogP contribution is -2.26. The molecule has 29 heavy (non-hydrogen) atoms. The maximum Gasteiger partial charge on any atom is 0.242 e. The number of amides is 1. The number of methoxy groups -OCH3 is 2. The number of hydrazone groups is 1. The lowest BCUT2D eigenvalue weighted by molar-refractivity contribution is -0.132. The summed E-state index contributed by atoms with van der Waals surface area (Å²) in [4.78, 5) is 17.1. The number of pyridine rings is 1. The third-order valence-corrected chi connectivity index (χ3v) is 5.24. The zero-order valence-corrected chi connectivity index (χ0v) is 17.1. The van der Waals surface area contributed by atoms with Gasteiger partial charge in [0.25, 0.3) is 0 Å². The van der Waals surface area contributed by atoms with Crippen LogP contribution in [-0.2, 0) is 4.79 Å². The number of benzene rings is 1. The van der Waals surface area contributed by atoms with E-state index in [1.54, 1.807) is 39.5 Å². The molecule has 4 rings (SSSR count). The van der Waals surface area contributed by atoms with E-state index in [0.717, 1.165) is 10.9 Å². The van der Waals surface area contributed by atoms with Gasteiger partial charge in [0.1, 0.15) is 16.6 Å². The van der Waals surface area contributed by atoms with Gasteiger partial charge < -0.3 is 13.9 Å². The van der Waals surface area contributed by atoms with Crippen molar-refractivity contribution < 1.29 is 18.7 Å². The lowest BCUT2D eigenvalue weighted by Gasteiger charge is -2.22. The van der Waals surface area contributed by atoms with E-state index < -0.39 is 0 Å². The number of halogens is 1. The van der Waals surface area contributed by atoms with E-state index in [9.17, 15) is 4.79 Å². The van der Waals surface area contributed by atoms with Crippen LogP contribution in [0.25, 0.3) is 10.9 Å². The van der Waals surface area contributed by atoms with E-state index in [4.69, 9.17) is 25.5 Å². The number of hydrogen-bond donors (Lipinski definition) is 0. The molecule has 0 N–H and O–H groups in total. The number of hydrogen-bond acceptors (Lipinski definition) is 6. The Kier molecular flexibility index (Phi) is 5.15. The van der Waals surface area contributed by atoms with Crippen LogP contribution in [0.1, 0.15) is 37.1 Å². The van der Waals surface area contributed by atoms with Crippen LogP contribution in [0.4, 0.5) is 0 Å². The van der Waals surface area contributed by atoms with Crippen molar-refractivity contribution in [3.05, 3.63) is 53.1 Å². The van der Waals surface area contributed by atoms with Crippen molar-refractivity contribution in [2.45, 2.75) is 25.8 Å². The Morgan fingerprint density at radius 2 is 2.03 bits per heavy atom. The lowest BCUT2D eigenvalue weighted by atomic mass is 10.0. The molecule has 3 heterocycles. The minimum absolute atomic E-state index is 0.0972. The van der Waals surface area contributed by atoms with Gasteiger partial charge in [-0.15, -0.1) is 0 Å². The summed E-state index contributed by atoms with van der Waals surface area (Å²) >= 11 is 6.54. The van der Waals surface area contributed by atoms with Crippen LogP contribution in [0.15, 0.2) is 46.1 Å². The zero-order valence-electron chi connectivity index (χ0n) is 16.3. The standard InChI is InChI=1S/C21H20ClN3O4/c1-4-20(26)25-16(10-15(24-25)17-6-5-7-29-17)13-8-12-9-18(27-2)19(28-3)11-14(12)23-21(13)22/h5-9,11,16H,4,10H2,1-3H3/t16-/m0/s1. The van der Waals surface area contributed by atoms with Gasteiger partial charge in [0.15, 0.2) is 11.5 Å². The molecule has 1 amide bonds. The fraction of sp³-hybridized carbons (Fsp3) is 0.286. The molecule has 0 aliphatic carbocycles. The molecule has 1 aliphatic heterocycles. The van der Waals surface area contributed by atoms with Crippen LogP contribution in [0.3, 0.4) is 0 Å². The van der Waals surface area contributed by atoms with Crippen LogP contribution < -0.4 is 9.47 Å². The molecule has 0 fully saturated rings. The topological polar surface area (TPSA) is 77.2 Å². The van der Waals surface area contributed by atoms with Crippen molar-refractivity contribution in [2.24, 2.45) is 5.10 Å². The van der Waals surface area contributed by atoms with Gasteiger partial charge in [-0.2, -0.15) is 5.10 Å². The van der Waals surface area contributed by atoms with Gasteiger partial charge in [0.05, 0.1) is 32.0 Å². The maximum absolute atomic E-state index is 12.6. The number of aromatic nitrogens is 1. The summed E-state index contributed by atoms with van der Waals surface area (Å²) in [6, 6.07) is 8.80. The molecule has 0 spiro atoms. The highest BCUT2D eigenvalue weighted by Crippen LogP contribution is 2.39. The van der Waals surface area contributed by atoms with Crippen LogP contribution in [0.5, 0.6) is 11.5 Å². The SMILES string of the molecule is CCC(=O)N1N=C(c2ccco2)C[C@H]1c1cc2cc(OC)c(OC)cc2nc1Cl. The maximum atomic E-state index is 12.6. The first-order valence-corrected chi connectivity index (χ1v) is 9.59. The predicted molar refractivity (Wildman–Crippen MR) is 110 cm³/mol. The summed E-state index contributed by atoms with van der Waals surface area (Å²) < 4.78 is 16.2. The van der Waals surface area contributed by atoms with Gasteiger partial charge >= 0.3 is 0 Å². The molecule has 0 unspecified atom stereocenters. The minimum atomic E-state index is -0.361. The Labute approximate surface area is 172 Å². The second kappa shape index (κ2) is 7.75. The van der Waals surface area contributed by atoms with Gasteiger partial charge in [-0.05, 0) is 24.3 Å². The summed E-state index contributed by atoms with van der Waals surface area (Å²) in [6.07, 6.45) is 2.40. The zero-order chi connectivity index (χ0) is 20.5. The summed E-state index contributed by atoms with van der Waals surface area (Å²) in [6.45, 7) is 1.80. The molecule has 0 radical (unpaired) electrons. The second-order valence-electron chi connectivity index (χ2n) is 6.60. The summed E-state index contributed by atoms with van der Waals surface area (Å²) in [5.74, 6) is 1.71. The third kappa shape index (κ3) is 3.42. The first-order valence-electron chi connectivity index (χ1n) is 9.21. The Bertz CT molecular complexity index is 1090. The van der Waals surface area contributed by atoms with Crippen LogP contribution in [0.2, 0.25) is 5.15 Å². The van der Waals surface area contributed by atoms with Crippen molar-refractivity contribution in [2.75, 3.05) is 14.2 Å². The minimum Gasteiger partial charge on any atom is -0.493 e. The fourth-order valence-electron chi connectivity index (χ4n) is 3.46. The summed E-state index contributed by atoms with van der Waals surface area (Å²) in [5.41, 5.74) is 2.10. The van der Waals surface area contributed by atoms with Crippen molar-refractivity contribution >= 4 is 34.1 Å². The second-order valence-corrected chi connectivity index (χ2v) is 6.96. The van der Waals surface area contributed by atoms with Gasteiger partial charge in [0, 0.05) is 29.9 Å². The van der Waals surface area contributed by atoms with Gasteiger partial charge in [-0.1, -0.05) is 18.5 Å². The van der Waals surface area contributed by atoms with Gasteiger partial charge in [-0.25, -0.2) is 9.99 Å². The number of rotatable bonds is 5. The molecule has 1 atom stereocenters. The monoisotopic (exact) mass is 413 g/mol. The summed E-state index contributed by atoms with van der Waals surface area (Å²) in [5, 5.41) is 7.15. The molecule has 1 aliphatic rings. The number of fused-ring (bicyclic) bond motifs is 1. The van der Waals surface area contributed by atoms with Crippen LogP contribution in [-0.4, -0.2) is 35.8 Å². The Morgan fingerprint density at radius 1 is 1.28 bits per heavy atom. The van der Waals surface area contributed by atoms with E-state index in [1.165, 1.54) is 5.01 Å². The first-order chi connectivity index (χ1) is 14.0. The molecule has 7 nitrogen and oxygen atoms in total. The number of carbonyl (C=O) groups excluding carboxylic acids is 1. The quantitative estimate of drug-likeness (QED) is 0.572. The number of furan rings is 1. The highest BCUT2D eigenvalue weighted by Gasteiger charge is 2.35. The first kappa shape index (κ1) is 19.3. The Morgan fingerprint density at radius 3 is 2.69 bits per heavy atom. The highest BCUT2D eigenvalue weighted by atomic mass is 35.5. The van der Waals surface area contributed by atoms with Gasteiger partial charge in [-0.3, -0.25) is 4.79 Å². The number of nitrogens with zero attached hydrogens (tertiary/aromatic N) is 3. The molecule has 0 saturated heterocycles. The smallest absolute Gasteiger partial charge is 0.242 e. The normalized spacial score (nSPS) is 16.2. The summed E-state index contributed by atoms with van der Waals surface area (Å²) in [7, 11) is 3.15. The fourth-order valence-corrected chi connectivity index (χ4v) is 3.74. The Hall–Kier alpha value is -3.06. The molecule has 0 bridgehead atoms.